The average Bonchev–Trinajstić information content (AvgIpc) is 3.11. The van der Waals surface area contributed by atoms with E-state index in [2.05, 4.69) is 20.6 Å². The fourth-order valence-corrected chi connectivity index (χ4v) is 2.82. The van der Waals surface area contributed by atoms with E-state index in [9.17, 15) is 4.79 Å². The fraction of sp³-hybridized carbons (Fsp3) is 0.133. The van der Waals surface area contributed by atoms with Gasteiger partial charge >= 0.3 is 0 Å². The molecule has 23 heavy (non-hydrogen) atoms. The maximum absolute atomic E-state index is 11.5. The largest absolute Gasteiger partial charge is 0.461 e. The second-order valence-electron chi connectivity index (χ2n) is 4.82. The first-order chi connectivity index (χ1) is 11.0. The van der Waals surface area contributed by atoms with Gasteiger partial charge in [-0.1, -0.05) is 11.3 Å². The Morgan fingerprint density at radius 1 is 1.39 bits per heavy atom. The molecule has 0 radical (unpaired) electrons. The molecule has 118 valence electrons. The lowest BCUT2D eigenvalue weighted by Crippen LogP contribution is -2.21. The lowest BCUT2D eigenvalue weighted by atomic mass is 10.2. The number of anilines is 1. The van der Waals surface area contributed by atoms with Crippen LogP contribution in [0.15, 0.2) is 39.9 Å². The quantitative estimate of drug-likeness (QED) is 0.506. The Labute approximate surface area is 136 Å². The molecule has 0 spiro atoms. The van der Waals surface area contributed by atoms with Gasteiger partial charge in [-0.3, -0.25) is 4.79 Å². The van der Waals surface area contributed by atoms with E-state index in [1.165, 1.54) is 6.20 Å². The van der Waals surface area contributed by atoms with Gasteiger partial charge in [0.15, 0.2) is 0 Å². The van der Waals surface area contributed by atoms with Gasteiger partial charge in [-0.2, -0.15) is 4.99 Å². The van der Waals surface area contributed by atoms with Crippen molar-refractivity contribution in [1.29, 1.82) is 0 Å². The number of carbonyl (C=O) groups excluding carboxylic acids is 1. The Bertz CT molecular complexity index is 896. The molecule has 0 aliphatic heterocycles. The van der Waals surface area contributed by atoms with Crippen LogP contribution in [0.2, 0.25) is 0 Å². The number of aromatic nitrogens is 1. The Morgan fingerprint density at radius 2 is 2.22 bits per heavy atom. The number of nitrogens with two attached hydrogens (primary N) is 1. The minimum absolute atomic E-state index is 0.197. The minimum Gasteiger partial charge on any atom is -0.461 e. The van der Waals surface area contributed by atoms with E-state index in [4.69, 9.17) is 10.2 Å². The molecule has 3 aromatic rings. The summed E-state index contributed by atoms with van der Waals surface area (Å²) in [6, 6.07) is 7.59. The zero-order chi connectivity index (χ0) is 16.4. The van der Waals surface area contributed by atoms with Gasteiger partial charge in [0.25, 0.3) is 5.91 Å². The Kier molecular flexibility index (Phi) is 3.98. The highest BCUT2D eigenvalue weighted by Crippen LogP contribution is 2.23. The van der Waals surface area contributed by atoms with Crippen molar-refractivity contribution in [2.45, 2.75) is 6.92 Å². The van der Waals surface area contributed by atoms with Crippen molar-refractivity contribution in [2.75, 3.05) is 12.4 Å². The van der Waals surface area contributed by atoms with Crippen LogP contribution in [0.25, 0.3) is 11.0 Å². The van der Waals surface area contributed by atoms with Crippen molar-refractivity contribution in [1.82, 2.24) is 10.3 Å². The van der Waals surface area contributed by atoms with Crippen molar-refractivity contribution in [3.63, 3.8) is 0 Å². The number of hydrogen-bond acceptors (Lipinski definition) is 5. The predicted molar refractivity (Wildman–Crippen MR) is 91.4 cm³/mol. The van der Waals surface area contributed by atoms with Gasteiger partial charge in [0.2, 0.25) is 11.1 Å². The van der Waals surface area contributed by atoms with Crippen molar-refractivity contribution >= 4 is 45.0 Å². The predicted octanol–water partition coefficient (Wildman–Crippen LogP) is 2.62. The lowest BCUT2D eigenvalue weighted by molar-refractivity contribution is 0.0967. The van der Waals surface area contributed by atoms with Crippen LogP contribution in [-0.2, 0) is 0 Å². The molecule has 1 amide bonds. The van der Waals surface area contributed by atoms with Gasteiger partial charge < -0.3 is 20.8 Å². The zero-order valence-electron chi connectivity index (χ0n) is 12.6. The molecule has 4 N–H and O–H groups in total. The molecule has 2 heterocycles. The van der Waals surface area contributed by atoms with Crippen molar-refractivity contribution < 1.29 is 9.21 Å². The molecule has 0 saturated carbocycles. The van der Waals surface area contributed by atoms with Gasteiger partial charge in [0.05, 0.1) is 6.20 Å². The first-order valence-corrected chi connectivity index (χ1v) is 7.66. The maximum Gasteiger partial charge on any atom is 0.262 e. The molecule has 1 aromatic carbocycles. The summed E-state index contributed by atoms with van der Waals surface area (Å²) < 4.78 is 5.52. The standard InChI is InChI=1S/C15H15N5O2S/c1-8-5-9-6-10(3-4-11(9)22-8)19-14(16)20-15-18-7-12(23-15)13(21)17-2/h3-7H,1-2H3,(H,17,21)(H3,16,18,19,20). The second kappa shape index (κ2) is 6.09. The van der Waals surface area contributed by atoms with Gasteiger partial charge in [-0.05, 0) is 31.2 Å². The fourth-order valence-electron chi connectivity index (χ4n) is 2.08. The second-order valence-corrected chi connectivity index (χ2v) is 5.83. The summed E-state index contributed by atoms with van der Waals surface area (Å²) in [5.41, 5.74) is 7.50. The molecule has 0 aliphatic rings. The number of fused-ring (bicyclic) bond motifs is 1. The number of nitrogens with zero attached hydrogens (tertiary/aromatic N) is 2. The number of aryl methyl sites for hydroxylation is 1. The van der Waals surface area contributed by atoms with Crippen LogP contribution in [0, 0.1) is 6.92 Å². The number of nitrogens with one attached hydrogen (secondary N) is 2. The third kappa shape index (κ3) is 3.32. The topological polar surface area (TPSA) is 106 Å². The van der Waals surface area contributed by atoms with Crippen molar-refractivity contribution in [2.24, 2.45) is 10.7 Å². The average molecular weight is 329 g/mol. The van der Waals surface area contributed by atoms with Crippen LogP contribution in [0.5, 0.6) is 0 Å². The number of rotatable bonds is 3. The van der Waals surface area contributed by atoms with E-state index >= 15 is 0 Å². The molecule has 2 aromatic heterocycles. The van der Waals surface area contributed by atoms with Crippen LogP contribution in [0.1, 0.15) is 15.4 Å². The minimum atomic E-state index is -0.198. The number of benzene rings is 1. The third-order valence-corrected chi connectivity index (χ3v) is 3.96. The summed E-state index contributed by atoms with van der Waals surface area (Å²) >= 11 is 1.16. The molecule has 0 aliphatic carbocycles. The molecular formula is C15H15N5O2S. The van der Waals surface area contributed by atoms with Crippen molar-refractivity contribution in [3.8, 4) is 0 Å². The number of thiazole rings is 1. The molecule has 8 heteroatoms. The van der Waals surface area contributed by atoms with Crippen LogP contribution in [-0.4, -0.2) is 23.9 Å². The van der Waals surface area contributed by atoms with E-state index < -0.39 is 0 Å². The highest BCUT2D eigenvalue weighted by atomic mass is 32.1. The van der Waals surface area contributed by atoms with E-state index in [-0.39, 0.29) is 11.9 Å². The normalized spacial score (nSPS) is 11.7. The number of carbonyl (C=O) groups is 1. The first kappa shape index (κ1) is 15.0. The molecular weight excluding hydrogens is 314 g/mol. The summed E-state index contributed by atoms with van der Waals surface area (Å²) in [6.45, 7) is 1.90. The van der Waals surface area contributed by atoms with Crippen LogP contribution >= 0.6 is 11.3 Å². The van der Waals surface area contributed by atoms with Gasteiger partial charge in [0.1, 0.15) is 16.2 Å². The van der Waals surface area contributed by atoms with Crippen LogP contribution in [0.3, 0.4) is 0 Å². The molecule has 0 saturated heterocycles. The highest BCUT2D eigenvalue weighted by Gasteiger charge is 2.08. The molecule has 0 fully saturated rings. The van der Waals surface area contributed by atoms with Gasteiger partial charge in [-0.15, -0.1) is 0 Å². The van der Waals surface area contributed by atoms with E-state index in [1.54, 1.807) is 7.05 Å². The zero-order valence-corrected chi connectivity index (χ0v) is 13.4. The molecule has 0 bridgehead atoms. The van der Waals surface area contributed by atoms with Crippen LogP contribution in [0.4, 0.5) is 10.8 Å². The van der Waals surface area contributed by atoms with Gasteiger partial charge in [0, 0.05) is 18.1 Å². The molecule has 0 unspecified atom stereocenters. The summed E-state index contributed by atoms with van der Waals surface area (Å²) in [5, 5.41) is 6.92. The third-order valence-electron chi connectivity index (χ3n) is 3.07. The summed E-state index contributed by atoms with van der Waals surface area (Å²) in [7, 11) is 1.56. The van der Waals surface area contributed by atoms with Gasteiger partial charge in [-0.25, -0.2) is 4.98 Å². The smallest absolute Gasteiger partial charge is 0.262 e. The lowest BCUT2D eigenvalue weighted by Gasteiger charge is -2.04. The Hall–Kier alpha value is -2.87. The van der Waals surface area contributed by atoms with E-state index in [0.717, 1.165) is 33.8 Å². The number of hydrogen-bond donors (Lipinski definition) is 3. The van der Waals surface area contributed by atoms with Crippen LogP contribution < -0.4 is 16.4 Å². The summed E-state index contributed by atoms with van der Waals surface area (Å²) in [4.78, 5) is 20.2. The van der Waals surface area contributed by atoms with Crippen molar-refractivity contribution in [3.05, 3.63) is 41.1 Å². The Morgan fingerprint density at radius 3 is 3.00 bits per heavy atom. The highest BCUT2D eigenvalue weighted by molar-refractivity contribution is 7.17. The Balaban J connectivity index is 1.77. The summed E-state index contributed by atoms with van der Waals surface area (Å²) in [6.07, 6.45) is 1.47. The number of aliphatic imine (C=N–C) groups is 1. The number of amides is 1. The number of guanidine groups is 1. The van der Waals surface area contributed by atoms with E-state index in [1.807, 2.05) is 31.2 Å². The summed E-state index contributed by atoms with van der Waals surface area (Å²) in [5.74, 6) is 0.849. The molecule has 7 nitrogen and oxygen atoms in total. The molecule has 0 atom stereocenters. The SMILES string of the molecule is CNC(=O)c1cnc(N=C(N)Nc2ccc3oc(C)cc3c2)s1. The number of furan rings is 1. The maximum atomic E-state index is 11.5. The first-order valence-electron chi connectivity index (χ1n) is 6.84. The van der Waals surface area contributed by atoms with E-state index in [0.29, 0.717) is 10.0 Å². The molecule has 3 rings (SSSR count). The monoisotopic (exact) mass is 329 g/mol.